The minimum absolute atomic E-state index is 0.0222. The van der Waals surface area contributed by atoms with E-state index in [-0.39, 0.29) is 42.1 Å². The van der Waals surface area contributed by atoms with Crippen LogP contribution in [-0.4, -0.2) is 129 Å². The Morgan fingerprint density at radius 3 is 2.64 bits per heavy atom. The van der Waals surface area contributed by atoms with Crippen molar-refractivity contribution in [3.8, 4) is 0 Å². The van der Waals surface area contributed by atoms with Gasteiger partial charge in [0.05, 0.1) is 24.9 Å². The van der Waals surface area contributed by atoms with E-state index in [1.165, 1.54) is 27.0 Å². The standard InChI is InChI=1S/C29H37ClN6O5S3/c1-32(2)17-22-21-5-4-19(30)14-24(21)43-29(22)44(39,40)35-8-9-36(20(16-35)15-26(37)34-10-12-41-13-11-34)28(38)27-31-23-6-7-33(3)18-25(23)42-27/h4-5,14,20H,6-13,15-18H2,1-3H3. The van der Waals surface area contributed by atoms with Crippen LogP contribution in [0.4, 0.5) is 0 Å². The summed E-state index contributed by atoms with van der Waals surface area (Å²) in [6, 6.07) is 4.81. The SMILES string of the molecule is CN(C)Cc1c(S(=O)(=O)N2CCN(C(=O)c3nc4c(s3)CN(C)CC4)C(CC(=O)N3CCOCC3)C2)sc2cc(Cl)ccc12. The number of ether oxygens (including phenoxy) is 1. The van der Waals surface area contributed by atoms with Gasteiger partial charge in [-0.15, -0.1) is 22.7 Å². The van der Waals surface area contributed by atoms with Crippen LogP contribution in [0, 0.1) is 0 Å². The Bertz CT molecular complexity index is 1670. The summed E-state index contributed by atoms with van der Waals surface area (Å²) in [5, 5.41) is 1.81. The fraction of sp³-hybridized carbons (Fsp3) is 0.552. The molecule has 1 atom stereocenters. The van der Waals surface area contributed by atoms with E-state index in [0.717, 1.165) is 45.7 Å². The number of piperazine rings is 1. The maximum atomic E-state index is 14.3. The van der Waals surface area contributed by atoms with Crippen molar-refractivity contribution >= 4 is 66.2 Å². The number of hydrogen-bond donors (Lipinski definition) is 0. The van der Waals surface area contributed by atoms with Crippen molar-refractivity contribution in [1.29, 1.82) is 0 Å². The van der Waals surface area contributed by atoms with Crippen LogP contribution in [0.3, 0.4) is 0 Å². The Labute approximate surface area is 271 Å². The molecule has 15 heteroatoms. The lowest BCUT2D eigenvalue weighted by atomic mass is 10.1. The van der Waals surface area contributed by atoms with Crippen LogP contribution in [-0.2, 0) is 39.1 Å². The van der Waals surface area contributed by atoms with Crippen LogP contribution >= 0.6 is 34.3 Å². The van der Waals surface area contributed by atoms with Gasteiger partial charge in [-0.25, -0.2) is 13.4 Å². The number of rotatable bonds is 7. The first-order valence-electron chi connectivity index (χ1n) is 14.7. The zero-order chi connectivity index (χ0) is 31.2. The van der Waals surface area contributed by atoms with E-state index in [9.17, 15) is 18.0 Å². The van der Waals surface area contributed by atoms with Crippen LogP contribution in [0.1, 0.15) is 32.4 Å². The van der Waals surface area contributed by atoms with Gasteiger partial charge < -0.3 is 24.3 Å². The quantitative estimate of drug-likeness (QED) is 0.375. The number of morpholine rings is 1. The zero-order valence-electron chi connectivity index (χ0n) is 25.1. The molecule has 0 bridgehead atoms. The Kier molecular flexibility index (Phi) is 9.33. The monoisotopic (exact) mass is 680 g/mol. The van der Waals surface area contributed by atoms with Gasteiger partial charge in [-0.1, -0.05) is 17.7 Å². The summed E-state index contributed by atoms with van der Waals surface area (Å²) in [7, 11) is 1.91. The number of amides is 2. The highest BCUT2D eigenvalue weighted by atomic mass is 35.5. The largest absolute Gasteiger partial charge is 0.378 e. The number of sulfonamides is 1. The fourth-order valence-corrected chi connectivity index (χ4v) is 10.8. The molecule has 11 nitrogen and oxygen atoms in total. The molecule has 2 amide bonds. The molecule has 3 aliphatic rings. The molecular weight excluding hydrogens is 644 g/mol. The van der Waals surface area contributed by atoms with Gasteiger partial charge in [-0.05, 0) is 38.7 Å². The molecule has 6 rings (SSSR count). The van der Waals surface area contributed by atoms with E-state index in [0.29, 0.717) is 42.9 Å². The molecule has 238 valence electrons. The first-order valence-corrected chi connectivity index (χ1v) is 18.2. The minimum atomic E-state index is -3.95. The van der Waals surface area contributed by atoms with Crippen molar-refractivity contribution in [3.05, 3.63) is 44.4 Å². The third-order valence-electron chi connectivity index (χ3n) is 8.35. The van der Waals surface area contributed by atoms with E-state index >= 15 is 0 Å². The number of halogens is 1. The third kappa shape index (κ3) is 6.41. The summed E-state index contributed by atoms with van der Waals surface area (Å²) in [6.45, 7) is 4.28. The molecule has 1 aromatic carbocycles. The Morgan fingerprint density at radius 2 is 1.89 bits per heavy atom. The Balaban J connectivity index is 1.31. The second-order valence-electron chi connectivity index (χ2n) is 11.8. The van der Waals surface area contributed by atoms with Crippen LogP contribution < -0.4 is 0 Å². The summed E-state index contributed by atoms with van der Waals surface area (Å²) in [5.74, 6) is -0.353. The predicted molar refractivity (Wildman–Crippen MR) is 172 cm³/mol. The molecule has 2 fully saturated rings. The van der Waals surface area contributed by atoms with Crippen molar-refractivity contribution in [2.45, 2.75) is 36.2 Å². The van der Waals surface area contributed by atoms with Crippen molar-refractivity contribution in [2.24, 2.45) is 0 Å². The molecule has 5 heterocycles. The summed E-state index contributed by atoms with van der Waals surface area (Å²) in [4.78, 5) is 40.7. The van der Waals surface area contributed by atoms with Gasteiger partial charge in [0, 0.05) is 85.4 Å². The molecule has 0 N–H and O–H groups in total. The second kappa shape index (κ2) is 12.9. The molecule has 0 radical (unpaired) electrons. The third-order valence-corrected chi connectivity index (χ3v) is 13.3. The second-order valence-corrected chi connectivity index (χ2v) is 16.5. The van der Waals surface area contributed by atoms with Crippen molar-refractivity contribution in [2.75, 3.05) is 73.6 Å². The van der Waals surface area contributed by atoms with E-state index in [1.807, 2.05) is 32.1 Å². The molecule has 3 aliphatic heterocycles. The number of carbonyl (C=O) groups is 2. The Hall–Kier alpha value is -2.17. The average Bonchev–Trinajstić information content (AvgIpc) is 3.58. The van der Waals surface area contributed by atoms with E-state index in [2.05, 4.69) is 4.90 Å². The summed E-state index contributed by atoms with van der Waals surface area (Å²) in [5.41, 5.74) is 1.68. The number of carbonyl (C=O) groups excluding carboxylic acids is 2. The molecule has 2 saturated heterocycles. The number of likely N-dealkylation sites (N-methyl/N-ethyl adjacent to an activating group) is 1. The molecule has 0 saturated carbocycles. The minimum Gasteiger partial charge on any atom is -0.378 e. The molecule has 1 unspecified atom stereocenters. The van der Waals surface area contributed by atoms with Gasteiger partial charge in [-0.3, -0.25) is 9.59 Å². The van der Waals surface area contributed by atoms with Gasteiger partial charge in [0.1, 0.15) is 4.21 Å². The maximum absolute atomic E-state index is 14.3. The Morgan fingerprint density at radius 1 is 1.11 bits per heavy atom. The van der Waals surface area contributed by atoms with Crippen molar-refractivity contribution < 1.29 is 22.7 Å². The van der Waals surface area contributed by atoms with Crippen molar-refractivity contribution in [3.63, 3.8) is 0 Å². The summed E-state index contributed by atoms with van der Waals surface area (Å²) >= 11 is 8.88. The average molecular weight is 681 g/mol. The van der Waals surface area contributed by atoms with Gasteiger partial charge in [-0.2, -0.15) is 4.31 Å². The molecule has 44 heavy (non-hydrogen) atoms. The number of fused-ring (bicyclic) bond motifs is 2. The highest BCUT2D eigenvalue weighted by Crippen LogP contribution is 2.39. The molecule has 0 spiro atoms. The first kappa shape index (κ1) is 31.8. The maximum Gasteiger partial charge on any atom is 0.283 e. The normalized spacial score (nSPS) is 20.4. The first-order chi connectivity index (χ1) is 21.0. The van der Waals surface area contributed by atoms with Gasteiger partial charge in [0.15, 0.2) is 5.01 Å². The van der Waals surface area contributed by atoms with Gasteiger partial charge >= 0.3 is 0 Å². The van der Waals surface area contributed by atoms with Gasteiger partial charge in [0.2, 0.25) is 5.91 Å². The zero-order valence-corrected chi connectivity index (χ0v) is 28.3. The lowest BCUT2D eigenvalue weighted by Gasteiger charge is -2.41. The number of thiazole rings is 1. The lowest BCUT2D eigenvalue weighted by molar-refractivity contribution is -0.136. The summed E-state index contributed by atoms with van der Waals surface area (Å²) in [6.07, 6.45) is 0.814. The fourth-order valence-electron chi connectivity index (χ4n) is 6.06. The number of thiophene rings is 1. The van der Waals surface area contributed by atoms with Crippen LogP contribution in [0.25, 0.3) is 10.1 Å². The smallest absolute Gasteiger partial charge is 0.283 e. The topological polar surface area (TPSA) is 107 Å². The van der Waals surface area contributed by atoms with Gasteiger partial charge in [0.25, 0.3) is 15.9 Å². The van der Waals surface area contributed by atoms with Crippen LogP contribution in [0.15, 0.2) is 22.4 Å². The number of nitrogens with zero attached hydrogens (tertiary/aromatic N) is 6. The number of hydrogen-bond acceptors (Lipinski definition) is 10. The summed E-state index contributed by atoms with van der Waals surface area (Å²) < 4.78 is 36.6. The molecule has 3 aromatic rings. The van der Waals surface area contributed by atoms with E-state index < -0.39 is 16.1 Å². The predicted octanol–water partition coefficient (Wildman–Crippen LogP) is 2.82. The molecule has 2 aromatic heterocycles. The number of aromatic nitrogens is 1. The van der Waals surface area contributed by atoms with Crippen LogP contribution in [0.2, 0.25) is 5.02 Å². The lowest BCUT2D eigenvalue weighted by Crippen LogP contribution is -2.58. The van der Waals surface area contributed by atoms with Crippen LogP contribution in [0.5, 0.6) is 0 Å². The van der Waals surface area contributed by atoms with Crippen molar-refractivity contribution in [1.82, 2.24) is 28.9 Å². The molecular formula is C29H37ClN6O5S3. The number of benzene rings is 1. The highest BCUT2D eigenvalue weighted by Gasteiger charge is 2.41. The molecule has 0 aliphatic carbocycles. The highest BCUT2D eigenvalue weighted by molar-refractivity contribution is 7.91. The van der Waals surface area contributed by atoms with E-state index in [1.54, 1.807) is 21.9 Å². The van der Waals surface area contributed by atoms with E-state index in [4.69, 9.17) is 21.3 Å².